The maximum atomic E-state index is 3.79. The number of benzene rings is 7. The molecule has 7 aromatic rings. The summed E-state index contributed by atoms with van der Waals surface area (Å²) < 4.78 is 1.11. The summed E-state index contributed by atoms with van der Waals surface area (Å²) in [6.07, 6.45) is 0. The van der Waals surface area contributed by atoms with Crippen molar-refractivity contribution in [1.29, 1.82) is 0 Å². The average Bonchev–Trinajstić information content (AvgIpc) is 2.99. The van der Waals surface area contributed by atoms with E-state index in [-0.39, 0.29) is 0 Å². The highest BCUT2D eigenvalue weighted by Gasteiger charge is 2.41. The molecule has 0 N–H and O–H groups in total. The molecule has 0 aromatic heterocycles. The summed E-state index contributed by atoms with van der Waals surface area (Å²) in [5, 5.41) is 13.4. The maximum Gasteiger partial charge on any atom is 0.179 e. The number of hydrogen-bond donors (Lipinski definition) is 0. The zero-order valence-electron chi connectivity index (χ0n) is 20.8. The topological polar surface area (TPSA) is 0 Å². The molecule has 0 spiro atoms. The Bertz CT molecular complexity index is 1850. The van der Waals surface area contributed by atoms with Crippen molar-refractivity contribution in [3.63, 3.8) is 0 Å². The molecule has 180 valence electrons. The summed E-state index contributed by atoms with van der Waals surface area (Å²) in [5.41, 5.74) is 0. The molecule has 0 amide bonds. The standard InChI is InChI=1S/C36H25BrSi/c37-26-12-11-17-29(24-26)38(27-13-3-1-4-14-27,28-15-5-2-6-16-28)30-22-23-35-33-20-8-7-18-31(33)32-19-9-10-21-34(32)36(35)25-30/h1-25H. The van der Waals surface area contributed by atoms with E-state index in [2.05, 4.69) is 168 Å². The molecule has 0 heterocycles. The molecule has 0 unspecified atom stereocenters. The van der Waals surface area contributed by atoms with Gasteiger partial charge in [-0.3, -0.25) is 0 Å². The van der Waals surface area contributed by atoms with Crippen LogP contribution in [0.4, 0.5) is 0 Å². The Morgan fingerprint density at radius 1 is 0.316 bits per heavy atom. The quantitative estimate of drug-likeness (QED) is 0.120. The SMILES string of the molecule is Brc1cccc([Si](c2ccccc2)(c2ccccc2)c2ccc3c4ccccc4c4ccccc4c3c2)c1. The second-order valence-electron chi connectivity index (χ2n) is 9.84. The largest absolute Gasteiger partial charge is 0.179 e. The van der Waals surface area contributed by atoms with Crippen molar-refractivity contribution in [3.8, 4) is 0 Å². The highest BCUT2D eigenvalue weighted by molar-refractivity contribution is 9.10. The van der Waals surface area contributed by atoms with Crippen LogP contribution >= 0.6 is 15.9 Å². The van der Waals surface area contributed by atoms with Gasteiger partial charge in [-0.2, -0.15) is 0 Å². The Kier molecular flexibility index (Phi) is 5.73. The van der Waals surface area contributed by atoms with Crippen LogP contribution < -0.4 is 20.7 Å². The van der Waals surface area contributed by atoms with Crippen LogP contribution in [0.1, 0.15) is 0 Å². The second-order valence-corrected chi connectivity index (χ2v) is 14.6. The van der Waals surface area contributed by atoms with Crippen molar-refractivity contribution in [3.05, 3.63) is 156 Å². The average molecular weight is 566 g/mol. The van der Waals surface area contributed by atoms with Crippen LogP contribution in [-0.4, -0.2) is 8.07 Å². The molecule has 7 rings (SSSR count). The predicted molar refractivity (Wildman–Crippen MR) is 170 cm³/mol. The first kappa shape index (κ1) is 23.2. The van der Waals surface area contributed by atoms with E-state index in [1.165, 1.54) is 53.1 Å². The number of rotatable bonds is 4. The van der Waals surface area contributed by atoms with Gasteiger partial charge in [-0.15, -0.1) is 0 Å². The first-order chi connectivity index (χ1) is 18.8. The van der Waals surface area contributed by atoms with Gasteiger partial charge < -0.3 is 0 Å². The molecule has 0 nitrogen and oxygen atoms in total. The summed E-state index contributed by atoms with van der Waals surface area (Å²) in [7, 11) is -2.63. The van der Waals surface area contributed by atoms with E-state index in [0.717, 1.165) is 4.47 Å². The summed E-state index contributed by atoms with van der Waals surface area (Å²) in [6, 6.07) is 56.1. The lowest BCUT2D eigenvalue weighted by atomic mass is 9.94. The lowest BCUT2D eigenvalue weighted by Crippen LogP contribution is -2.74. The van der Waals surface area contributed by atoms with Gasteiger partial charge in [-0.25, -0.2) is 0 Å². The molecule has 0 aliphatic carbocycles. The van der Waals surface area contributed by atoms with Crippen molar-refractivity contribution >= 4 is 77.1 Å². The van der Waals surface area contributed by atoms with Crippen LogP contribution in [0, 0.1) is 0 Å². The molecule has 0 saturated heterocycles. The summed E-state index contributed by atoms with van der Waals surface area (Å²) in [4.78, 5) is 0. The van der Waals surface area contributed by atoms with Crippen LogP contribution in [0.5, 0.6) is 0 Å². The summed E-state index contributed by atoms with van der Waals surface area (Å²) >= 11 is 3.79. The highest BCUT2D eigenvalue weighted by atomic mass is 79.9. The molecule has 38 heavy (non-hydrogen) atoms. The van der Waals surface area contributed by atoms with Crippen molar-refractivity contribution in [1.82, 2.24) is 0 Å². The van der Waals surface area contributed by atoms with E-state index in [0.29, 0.717) is 0 Å². The Balaban J connectivity index is 1.66. The third-order valence-electron chi connectivity index (χ3n) is 7.85. The Labute approximate surface area is 232 Å². The zero-order chi connectivity index (χ0) is 25.5. The van der Waals surface area contributed by atoms with Gasteiger partial charge in [0.25, 0.3) is 0 Å². The molecule has 0 radical (unpaired) electrons. The maximum absolute atomic E-state index is 3.79. The number of hydrogen-bond acceptors (Lipinski definition) is 0. The Morgan fingerprint density at radius 2 is 0.737 bits per heavy atom. The van der Waals surface area contributed by atoms with Crippen molar-refractivity contribution < 1.29 is 0 Å². The molecule has 7 aromatic carbocycles. The van der Waals surface area contributed by atoms with Gasteiger partial charge in [0, 0.05) is 4.47 Å². The molecular weight excluding hydrogens is 540 g/mol. The third kappa shape index (κ3) is 3.56. The molecule has 0 atom stereocenters. The molecule has 0 fully saturated rings. The van der Waals surface area contributed by atoms with E-state index in [1.54, 1.807) is 0 Å². The van der Waals surface area contributed by atoms with Gasteiger partial charge in [0.1, 0.15) is 0 Å². The van der Waals surface area contributed by atoms with Crippen molar-refractivity contribution in [2.24, 2.45) is 0 Å². The van der Waals surface area contributed by atoms with Crippen LogP contribution in [0.3, 0.4) is 0 Å². The van der Waals surface area contributed by atoms with Gasteiger partial charge in [-0.1, -0.05) is 155 Å². The van der Waals surface area contributed by atoms with Crippen molar-refractivity contribution in [2.45, 2.75) is 0 Å². The van der Waals surface area contributed by atoms with Crippen LogP contribution in [-0.2, 0) is 0 Å². The van der Waals surface area contributed by atoms with Gasteiger partial charge in [0.2, 0.25) is 0 Å². The normalized spacial score (nSPS) is 11.8. The fraction of sp³-hybridized carbons (Fsp3) is 0. The molecule has 0 saturated carbocycles. The minimum absolute atomic E-state index is 1.11. The fourth-order valence-electron chi connectivity index (χ4n) is 6.24. The number of halogens is 1. The Morgan fingerprint density at radius 3 is 1.26 bits per heavy atom. The number of fused-ring (bicyclic) bond motifs is 6. The lowest BCUT2D eigenvalue weighted by Gasteiger charge is -2.35. The van der Waals surface area contributed by atoms with E-state index >= 15 is 0 Å². The fourth-order valence-corrected chi connectivity index (χ4v) is 11.6. The monoisotopic (exact) mass is 564 g/mol. The molecule has 0 aliphatic heterocycles. The van der Waals surface area contributed by atoms with Crippen molar-refractivity contribution in [2.75, 3.05) is 0 Å². The predicted octanol–water partition coefficient (Wildman–Crippen LogP) is 7.29. The van der Waals surface area contributed by atoms with E-state index in [9.17, 15) is 0 Å². The first-order valence-electron chi connectivity index (χ1n) is 13.0. The first-order valence-corrected chi connectivity index (χ1v) is 15.8. The minimum Gasteiger partial charge on any atom is -0.0623 e. The van der Waals surface area contributed by atoms with E-state index in [4.69, 9.17) is 0 Å². The van der Waals surface area contributed by atoms with Gasteiger partial charge in [-0.05, 0) is 65.2 Å². The van der Waals surface area contributed by atoms with Gasteiger partial charge in [0.15, 0.2) is 8.07 Å². The zero-order valence-corrected chi connectivity index (χ0v) is 23.4. The smallest absolute Gasteiger partial charge is 0.0623 e. The molecule has 0 aliphatic rings. The van der Waals surface area contributed by atoms with Crippen LogP contribution in [0.25, 0.3) is 32.3 Å². The summed E-state index contributed by atoms with van der Waals surface area (Å²) in [5.74, 6) is 0. The Hall–Kier alpha value is -3.98. The van der Waals surface area contributed by atoms with Crippen LogP contribution in [0.15, 0.2) is 156 Å². The molecule has 2 heteroatoms. The van der Waals surface area contributed by atoms with E-state index < -0.39 is 8.07 Å². The highest BCUT2D eigenvalue weighted by Crippen LogP contribution is 2.34. The van der Waals surface area contributed by atoms with Gasteiger partial charge in [0.05, 0.1) is 0 Å². The van der Waals surface area contributed by atoms with Crippen LogP contribution in [0.2, 0.25) is 0 Å². The van der Waals surface area contributed by atoms with Gasteiger partial charge >= 0.3 is 0 Å². The molecule has 0 bridgehead atoms. The third-order valence-corrected chi connectivity index (χ3v) is 13.1. The summed E-state index contributed by atoms with van der Waals surface area (Å²) in [6.45, 7) is 0. The minimum atomic E-state index is -2.63. The second kappa shape index (κ2) is 9.40. The lowest BCUT2D eigenvalue weighted by molar-refractivity contribution is 1.65. The molecular formula is C36H25BrSi. The van der Waals surface area contributed by atoms with E-state index in [1.807, 2.05) is 0 Å².